The minimum Gasteiger partial charge on any atom is -0.506 e. The average Bonchev–Trinajstić information content (AvgIpc) is 3.21. The van der Waals surface area contributed by atoms with E-state index < -0.39 is 15.6 Å². The standard InChI is InChI=1S/C20H16Cl2N4O4S/c1-11(27)17(23)16(22)18(24-15-9-4-3-8-14(15)21)20-26-25-19(30-20)12-6-5-7-13(10-12)31(2,28)29/h3-10,27H,1,23H2,2H3. The van der Waals surface area contributed by atoms with Crippen LogP contribution in [0.15, 0.2) is 85.9 Å². The number of nitrogens with zero attached hydrogens (tertiary/aromatic N) is 3. The van der Waals surface area contributed by atoms with Crippen LogP contribution in [0.4, 0.5) is 5.69 Å². The molecule has 0 aliphatic rings. The maximum absolute atomic E-state index is 11.8. The van der Waals surface area contributed by atoms with Crippen LogP contribution in [0.3, 0.4) is 0 Å². The zero-order valence-corrected chi connectivity index (χ0v) is 18.4. The predicted molar refractivity (Wildman–Crippen MR) is 119 cm³/mol. The van der Waals surface area contributed by atoms with Crippen molar-refractivity contribution in [3.8, 4) is 11.5 Å². The maximum atomic E-state index is 11.8. The lowest BCUT2D eigenvalue weighted by atomic mass is 10.2. The highest BCUT2D eigenvalue weighted by Crippen LogP contribution is 2.29. The van der Waals surface area contributed by atoms with Crippen molar-refractivity contribution in [1.29, 1.82) is 0 Å². The van der Waals surface area contributed by atoms with Gasteiger partial charge in [-0.3, -0.25) is 0 Å². The number of aromatic nitrogens is 2. The summed E-state index contributed by atoms with van der Waals surface area (Å²) in [7, 11) is -3.43. The lowest BCUT2D eigenvalue weighted by Gasteiger charge is -2.06. The number of benzene rings is 2. The monoisotopic (exact) mass is 478 g/mol. The Labute approximate surface area is 188 Å². The number of nitrogens with two attached hydrogens (primary N) is 1. The Morgan fingerprint density at radius 3 is 2.55 bits per heavy atom. The smallest absolute Gasteiger partial charge is 0.268 e. The summed E-state index contributed by atoms with van der Waals surface area (Å²) in [6.07, 6.45) is 1.09. The van der Waals surface area contributed by atoms with Gasteiger partial charge in [0.15, 0.2) is 9.84 Å². The summed E-state index contributed by atoms with van der Waals surface area (Å²) < 4.78 is 29.3. The molecule has 0 radical (unpaired) electrons. The molecule has 0 unspecified atom stereocenters. The molecule has 0 saturated carbocycles. The van der Waals surface area contributed by atoms with Crippen LogP contribution in [-0.4, -0.2) is 35.7 Å². The molecule has 31 heavy (non-hydrogen) atoms. The topological polar surface area (TPSA) is 132 Å². The molecule has 1 heterocycles. The van der Waals surface area contributed by atoms with E-state index in [-0.39, 0.29) is 33.1 Å². The lowest BCUT2D eigenvalue weighted by Crippen LogP contribution is -2.11. The van der Waals surface area contributed by atoms with E-state index in [1.54, 1.807) is 36.4 Å². The molecule has 3 rings (SSSR count). The number of aliphatic hydroxyl groups excluding tert-OH is 1. The number of aliphatic imine (C=N–C) groups is 1. The molecule has 0 bridgehead atoms. The summed E-state index contributed by atoms with van der Waals surface area (Å²) in [6.45, 7) is 3.35. The molecule has 0 saturated heterocycles. The van der Waals surface area contributed by atoms with E-state index in [0.717, 1.165) is 6.26 Å². The Hall–Kier alpha value is -3.14. The predicted octanol–water partition coefficient (Wildman–Crippen LogP) is 4.40. The van der Waals surface area contributed by atoms with Crippen molar-refractivity contribution in [1.82, 2.24) is 10.2 Å². The number of halogens is 2. The molecule has 2 aromatic carbocycles. The second-order valence-electron chi connectivity index (χ2n) is 6.30. The van der Waals surface area contributed by atoms with E-state index in [1.165, 1.54) is 12.1 Å². The number of hydrogen-bond acceptors (Lipinski definition) is 8. The fourth-order valence-corrected chi connectivity index (χ4v) is 3.48. The second-order valence-corrected chi connectivity index (χ2v) is 9.10. The number of aliphatic hydroxyl groups is 1. The Balaban J connectivity index is 2.15. The van der Waals surface area contributed by atoms with E-state index in [0.29, 0.717) is 16.3 Å². The van der Waals surface area contributed by atoms with Gasteiger partial charge in [-0.05, 0) is 30.3 Å². The van der Waals surface area contributed by atoms with Gasteiger partial charge >= 0.3 is 0 Å². The number of allylic oxidation sites excluding steroid dienone is 1. The fraction of sp³-hybridized carbons (Fsp3) is 0.0500. The third kappa shape index (κ3) is 5.13. The third-order valence-electron chi connectivity index (χ3n) is 3.98. The Morgan fingerprint density at radius 2 is 1.90 bits per heavy atom. The fourth-order valence-electron chi connectivity index (χ4n) is 2.40. The Morgan fingerprint density at radius 1 is 1.19 bits per heavy atom. The zero-order chi connectivity index (χ0) is 22.8. The molecule has 3 N–H and O–H groups in total. The van der Waals surface area contributed by atoms with Crippen LogP contribution in [0.25, 0.3) is 11.5 Å². The third-order valence-corrected chi connectivity index (χ3v) is 5.79. The van der Waals surface area contributed by atoms with Gasteiger partial charge in [0.1, 0.15) is 11.5 Å². The molecule has 3 aromatic rings. The minimum absolute atomic E-state index is 0.0261. The first-order valence-electron chi connectivity index (χ1n) is 8.59. The van der Waals surface area contributed by atoms with Gasteiger partial charge in [-0.2, -0.15) is 0 Å². The summed E-state index contributed by atoms with van der Waals surface area (Å²) in [5.74, 6) is -0.579. The number of hydrogen-bond donors (Lipinski definition) is 2. The normalized spacial score (nSPS) is 13.1. The van der Waals surface area contributed by atoms with Crippen LogP contribution >= 0.6 is 23.2 Å². The SMILES string of the molecule is C=C(O)C(N)=C(Cl)C(=Nc1ccccc1Cl)c1nnc(-c2cccc(S(C)(=O)=O)c2)o1. The lowest BCUT2D eigenvalue weighted by molar-refractivity contribution is 0.424. The van der Waals surface area contributed by atoms with Gasteiger partial charge in [-0.15, -0.1) is 10.2 Å². The summed E-state index contributed by atoms with van der Waals surface area (Å²) in [5.41, 5.74) is 6.22. The molecule has 0 aliphatic heterocycles. The van der Waals surface area contributed by atoms with E-state index in [9.17, 15) is 13.5 Å². The van der Waals surface area contributed by atoms with E-state index in [4.69, 9.17) is 33.4 Å². The molecule has 0 fully saturated rings. The van der Waals surface area contributed by atoms with Crippen molar-refractivity contribution < 1.29 is 17.9 Å². The molecule has 0 amide bonds. The van der Waals surface area contributed by atoms with Crippen molar-refractivity contribution in [2.75, 3.05) is 6.26 Å². The molecule has 11 heteroatoms. The molecular formula is C20H16Cl2N4O4S. The van der Waals surface area contributed by atoms with Crippen molar-refractivity contribution in [2.45, 2.75) is 4.90 Å². The van der Waals surface area contributed by atoms with Crippen molar-refractivity contribution in [3.63, 3.8) is 0 Å². The highest BCUT2D eigenvalue weighted by molar-refractivity contribution is 7.90. The number of sulfone groups is 1. The molecular weight excluding hydrogens is 463 g/mol. The van der Waals surface area contributed by atoms with Crippen LogP contribution in [0, 0.1) is 0 Å². The van der Waals surface area contributed by atoms with Crippen molar-refractivity contribution in [2.24, 2.45) is 10.7 Å². The van der Waals surface area contributed by atoms with Crippen LogP contribution < -0.4 is 5.73 Å². The molecule has 1 aromatic heterocycles. The number of rotatable bonds is 6. The molecule has 160 valence electrons. The van der Waals surface area contributed by atoms with E-state index in [2.05, 4.69) is 21.8 Å². The minimum atomic E-state index is -3.43. The highest BCUT2D eigenvalue weighted by Gasteiger charge is 2.22. The Bertz CT molecular complexity index is 1330. The van der Waals surface area contributed by atoms with Crippen molar-refractivity contribution in [3.05, 3.63) is 82.5 Å². The maximum Gasteiger partial charge on any atom is 0.268 e. The van der Waals surface area contributed by atoms with Crippen LogP contribution in [0.5, 0.6) is 0 Å². The first-order valence-corrected chi connectivity index (χ1v) is 11.2. The Kier molecular flexibility index (Phi) is 6.49. The summed E-state index contributed by atoms with van der Waals surface area (Å²) in [5, 5.41) is 17.7. The van der Waals surface area contributed by atoms with Gasteiger partial charge in [0, 0.05) is 11.8 Å². The van der Waals surface area contributed by atoms with Crippen LogP contribution in [0.2, 0.25) is 5.02 Å². The van der Waals surface area contributed by atoms with Gasteiger partial charge in [-0.25, -0.2) is 13.4 Å². The largest absolute Gasteiger partial charge is 0.506 e. The van der Waals surface area contributed by atoms with Gasteiger partial charge in [0.2, 0.25) is 5.89 Å². The van der Waals surface area contributed by atoms with Crippen LogP contribution in [-0.2, 0) is 9.84 Å². The van der Waals surface area contributed by atoms with Crippen molar-refractivity contribution >= 4 is 44.4 Å². The molecule has 0 spiro atoms. The number of para-hydroxylation sites is 1. The molecule has 0 aliphatic carbocycles. The average molecular weight is 479 g/mol. The van der Waals surface area contributed by atoms with Gasteiger partial charge in [0.25, 0.3) is 5.89 Å². The quantitative estimate of drug-likeness (QED) is 0.304. The first kappa shape index (κ1) is 22.5. The highest BCUT2D eigenvalue weighted by atomic mass is 35.5. The van der Waals surface area contributed by atoms with Gasteiger partial charge in [0.05, 0.1) is 26.3 Å². The van der Waals surface area contributed by atoms with E-state index >= 15 is 0 Å². The molecule has 8 nitrogen and oxygen atoms in total. The summed E-state index contributed by atoms with van der Waals surface area (Å²) in [4.78, 5) is 4.46. The molecule has 0 atom stereocenters. The first-order chi connectivity index (χ1) is 14.6. The van der Waals surface area contributed by atoms with Gasteiger partial charge < -0.3 is 15.3 Å². The van der Waals surface area contributed by atoms with Gasteiger partial charge in [-0.1, -0.05) is 48.0 Å². The van der Waals surface area contributed by atoms with E-state index in [1.807, 2.05) is 0 Å². The second kappa shape index (κ2) is 8.93. The zero-order valence-electron chi connectivity index (χ0n) is 16.1. The summed E-state index contributed by atoms with van der Waals surface area (Å²) >= 11 is 12.5. The van der Waals surface area contributed by atoms with Crippen LogP contribution in [0.1, 0.15) is 5.89 Å². The summed E-state index contributed by atoms with van der Waals surface area (Å²) in [6, 6.07) is 12.7.